The summed E-state index contributed by atoms with van der Waals surface area (Å²) in [7, 11) is 0. The van der Waals surface area contributed by atoms with Gasteiger partial charge in [-0.1, -0.05) is 18.9 Å². The zero-order valence-electron chi connectivity index (χ0n) is 8.97. The quantitative estimate of drug-likeness (QED) is 0.894. The first-order chi connectivity index (χ1) is 7.61. The Morgan fingerprint density at radius 2 is 2.06 bits per heavy atom. The monoisotopic (exact) mass is 287 g/mol. The second-order valence-electron chi connectivity index (χ2n) is 4.38. The van der Waals surface area contributed by atoms with E-state index in [-0.39, 0.29) is 5.82 Å². The Hall–Kier alpha value is -0.610. The predicted molar refractivity (Wildman–Crippen MR) is 66.0 cm³/mol. The molecule has 0 spiro atoms. The summed E-state index contributed by atoms with van der Waals surface area (Å²) in [5.74, 6) is -0.295. The Morgan fingerprint density at radius 1 is 1.38 bits per heavy atom. The first kappa shape index (κ1) is 11.9. The number of aliphatic hydroxyl groups is 1. The summed E-state index contributed by atoms with van der Waals surface area (Å²) in [6.07, 6.45) is 3.70. The van der Waals surface area contributed by atoms with Crippen LogP contribution in [0, 0.1) is 5.82 Å². The lowest BCUT2D eigenvalue weighted by atomic mass is 10.0. The number of halogens is 2. The van der Waals surface area contributed by atoms with E-state index in [1.54, 1.807) is 12.1 Å². The fourth-order valence-corrected chi connectivity index (χ4v) is 2.61. The largest absolute Gasteiger partial charge is 0.388 e. The van der Waals surface area contributed by atoms with Gasteiger partial charge in [0.25, 0.3) is 0 Å². The molecule has 88 valence electrons. The zero-order valence-corrected chi connectivity index (χ0v) is 10.6. The van der Waals surface area contributed by atoms with Gasteiger partial charge in [0.15, 0.2) is 0 Å². The van der Waals surface area contributed by atoms with Gasteiger partial charge in [0, 0.05) is 11.0 Å². The van der Waals surface area contributed by atoms with Gasteiger partial charge in [0.1, 0.15) is 5.82 Å². The van der Waals surface area contributed by atoms with Gasteiger partial charge >= 0.3 is 0 Å². The Bertz CT molecular complexity index is 357. The molecule has 2 rings (SSSR count). The molecule has 1 aromatic rings. The van der Waals surface area contributed by atoms with Gasteiger partial charge < -0.3 is 10.4 Å². The van der Waals surface area contributed by atoms with Crippen molar-refractivity contribution in [3.8, 4) is 0 Å². The van der Waals surface area contributed by atoms with Crippen LogP contribution in [0.1, 0.15) is 25.7 Å². The van der Waals surface area contributed by atoms with E-state index in [1.165, 1.54) is 6.07 Å². The average Bonchev–Trinajstić information content (AvgIpc) is 2.65. The molecule has 1 aromatic carbocycles. The average molecular weight is 288 g/mol. The van der Waals surface area contributed by atoms with Crippen molar-refractivity contribution >= 4 is 21.6 Å². The maximum atomic E-state index is 13.5. The molecule has 0 bridgehead atoms. The first-order valence-corrected chi connectivity index (χ1v) is 6.30. The standard InChI is InChI=1S/C12H15BrFNO/c13-9-4-3-5-10(14)11(9)15-8-12(16)6-1-2-7-12/h3-5,15-16H,1-2,6-8H2. The molecule has 16 heavy (non-hydrogen) atoms. The Morgan fingerprint density at radius 3 is 2.69 bits per heavy atom. The van der Waals surface area contributed by atoms with Crippen molar-refractivity contribution in [2.75, 3.05) is 11.9 Å². The summed E-state index contributed by atoms with van der Waals surface area (Å²) in [5.41, 5.74) is -0.232. The maximum Gasteiger partial charge on any atom is 0.147 e. The van der Waals surface area contributed by atoms with Gasteiger partial charge in [0.2, 0.25) is 0 Å². The molecule has 2 N–H and O–H groups in total. The number of anilines is 1. The van der Waals surface area contributed by atoms with Crippen molar-refractivity contribution in [2.24, 2.45) is 0 Å². The van der Waals surface area contributed by atoms with Gasteiger partial charge in [-0.3, -0.25) is 0 Å². The lowest BCUT2D eigenvalue weighted by Gasteiger charge is -2.23. The summed E-state index contributed by atoms with van der Waals surface area (Å²) in [4.78, 5) is 0. The van der Waals surface area contributed by atoms with Crippen LogP contribution < -0.4 is 5.32 Å². The molecule has 0 atom stereocenters. The molecule has 0 aliphatic heterocycles. The SMILES string of the molecule is OC1(CNc2c(F)cccc2Br)CCCC1. The molecule has 0 saturated heterocycles. The second-order valence-corrected chi connectivity index (χ2v) is 5.24. The topological polar surface area (TPSA) is 32.3 Å². The van der Waals surface area contributed by atoms with Crippen LogP contribution in [0.25, 0.3) is 0 Å². The minimum atomic E-state index is -0.665. The van der Waals surface area contributed by atoms with E-state index in [1.807, 2.05) is 0 Å². The highest BCUT2D eigenvalue weighted by molar-refractivity contribution is 9.10. The van der Waals surface area contributed by atoms with Crippen molar-refractivity contribution in [1.82, 2.24) is 0 Å². The van der Waals surface area contributed by atoms with Crippen LogP contribution in [-0.2, 0) is 0 Å². The molecule has 2 nitrogen and oxygen atoms in total. The molecule has 1 saturated carbocycles. The van der Waals surface area contributed by atoms with Crippen LogP contribution in [-0.4, -0.2) is 17.3 Å². The zero-order chi connectivity index (χ0) is 11.6. The number of hydrogen-bond donors (Lipinski definition) is 2. The van der Waals surface area contributed by atoms with Crippen molar-refractivity contribution < 1.29 is 9.50 Å². The van der Waals surface area contributed by atoms with Gasteiger partial charge in [-0.2, -0.15) is 0 Å². The molecule has 4 heteroatoms. The van der Waals surface area contributed by atoms with Crippen molar-refractivity contribution in [3.05, 3.63) is 28.5 Å². The van der Waals surface area contributed by atoms with Crippen LogP contribution in [0.2, 0.25) is 0 Å². The fraction of sp³-hybridized carbons (Fsp3) is 0.500. The lowest BCUT2D eigenvalue weighted by Crippen LogP contribution is -2.33. The molecule has 0 unspecified atom stereocenters. The second kappa shape index (κ2) is 4.72. The maximum absolute atomic E-state index is 13.5. The smallest absolute Gasteiger partial charge is 0.147 e. The van der Waals surface area contributed by atoms with Crippen LogP contribution >= 0.6 is 15.9 Å². The van der Waals surface area contributed by atoms with E-state index in [2.05, 4.69) is 21.2 Å². The predicted octanol–water partition coefficient (Wildman–Crippen LogP) is 3.31. The fourth-order valence-electron chi connectivity index (χ4n) is 2.13. The first-order valence-electron chi connectivity index (χ1n) is 5.51. The van der Waals surface area contributed by atoms with Crippen molar-refractivity contribution in [3.63, 3.8) is 0 Å². The lowest BCUT2D eigenvalue weighted by molar-refractivity contribution is 0.0614. The molecule has 1 aliphatic rings. The van der Waals surface area contributed by atoms with Gasteiger partial charge in [-0.15, -0.1) is 0 Å². The van der Waals surface area contributed by atoms with E-state index >= 15 is 0 Å². The highest BCUT2D eigenvalue weighted by atomic mass is 79.9. The van der Waals surface area contributed by atoms with Crippen LogP contribution in [0.15, 0.2) is 22.7 Å². The number of rotatable bonds is 3. The molecule has 0 radical (unpaired) electrons. The minimum absolute atomic E-state index is 0.295. The number of hydrogen-bond acceptors (Lipinski definition) is 2. The Labute approximate surface area is 103 Å². The molecule has 0 amide bonds. The third kappa shape index (κ3) is 2.55. The van der Waals surface area contributed by atoms with Gasteiger partial charge in [0.05, 0.1) is 11.3 Å². The highest BCUT2D eigenvalue weighted by Gasteiger charge is 2.31. The molecule has 0 heterocycles. The van der Waals surface area contributed by atoms with Gasteiger partial charge in [-0.05, 0) is 40.9 Å². The van der Waals surface area contributed by atoms with Crippen molar-refractivity contribution in [1.29, 1.82) is 0 Å². The normalized spacial score (nSPS) is 18.7. The third-order valence-corrected chi connectivity index (χ3v) is 3.75. The van der Waals surface area contributed by atoms with E-state index in [0.717, 1.165) is 25.7 Å². The van der Waals surface area contributed by atoms with Crippen LogP contribution in [0.3, 0.4) is 0 Å². The van der Waals surface area contributed by atoms with E-state index < -0.39 is 5.60 Å². The third-order valence-electron chi connectivity index (χ3n) is 3.09. The minimum Gasteiger partial charge on any atom is -0.388 e. The summed E-state index contributed by atoms with van der Waals surface area (Å²) in [6, 6.07) is 4.84. The van der Waals surface area contributed by atoms with E-state index in [0.29, 0.717) is 16.7 Å². The molecule has 1 aliphatic carbocycles. The molecule has 1 fully saturated rings. The number of para-hydroxylation sites is 1. The van der Waals surface area contributed by atoms with E-state index in [4.69, 9.17) is 0 Å². The van der Waals surface area contributed by atoms with Crippen LogP contribution in [0.5, 0.6) is 0 Å². The molecule has 0 aromatic heterocycles. The van der Waals surface area contributed by atoms with Crippen LogP contribution in [0.4, 0.5) is 10.1 Å². The summed E-state index contributed by atoms with van der Waals surface area (Å²) in [5, 5.41) is 13.1. The highest BCUT2D eigenvalue weighted by Crippen LogP contribution is 2.31. The summed E-state index contributed by atoms with van der Waals surface area (Å²) in [6.45, 7) is 0.409. The summed E-state index contributed by atoms with van der Waals surface area (Å²) < 4.78 is 14.2. The molecular formula is C12H15BrFNO. The van der Waals surface area contributed by atoms with Crippen molar-refractivity contribution in [2.45, 2.75) is 31.3 Å². The van der Waals surface area contributed by atoms with Gasteiger partial charge in [-0.25, -0.2) is 4.39 Å². The van der Waals surface area contributed by atoms with E-state index in [9.17, 15) is 9.50 Å². The Kier molecular flexibility index (Phi) is 3.50. The number of nitrogens with one attached hydrogen (secondary N) is 1. The Balaban J connectivity index is 2.04. The summed E-state index contributed by atoms with van der Waals surface area (Å²) >= 11 is 3.29. The number of benzene rings is 1. The molecular weight excluding hydrogens is 273 g/mol.